The molecular weight excluding hydrogens is 182 g/mol. The largest absolute Gasteiger partial charge is 0.330 e. The van der Waals surface area contributed by atoms with E-state index in [1.165, 1.54) is 57.8 Å². The second-order valence-corrected chi connectivity index (χ2v) is 5.90. The molecule has 90 valence electrons. The Bertz CT molecular complexity index is 155. The van der Waals surface area contributed by atoms with E-state index in [4.69, 9.17) is 5.73 Å². The third kappa shape index (κ3) is 4.55. The van der Waals surface area contributed by atoms with Gasteiger partial charge in [0.1, 0.15) is 0 Å². The first kappa shape index (κ1) is 13.0. The van der Waals surface area contributed by atoms with Crippen molar-refractivity contribution in [3.8, 4) is 0 Å². The molecule has 1 aliphatic carbocycles. The van der Waals surface area contributed by atoms with Crippen LogP contribution in [0.2, 0.25) is 0 Å². The fourth-order valence-electron chi connectivity index (χ4n) is 2.92. The molecule has 15 heavy (non-hydrogen) atoms. The average molecular weight is 211 g/mol. The van der Waals surface area contributed by atoms with E-state index in [1.807, 2.05) is 0 Å². The van der Waals surface area contributed by atoms with E-state index in [0.29, 0.717) is 5.41 Å². The van der Waals surface area contributed by atoms with Gasteiger partial charge >= 0.3 is 0 Å². The highest BCUT2D eigenvalue weighted by Crippen LogP contribution is 2.38. The topological polar surface area (TPSA) is 26.0 Å². The average Bonchev–Trinajstić information content (AvgIpc) is 2.44. The van der Waals surface area contributed by atoms with Crippen molar-refractivity contribution in [1.82, 2.24) is 0 Å². The van der Waals surface area contributed by atoms with Crippen molar-refractivity contribution in [2.45, 2.75) is 71.6 Å². The third-order valence-corrected chi connectivity index (χ3v) is 4.09. The lowest BCUT2D eigenvalue weighted by Gasteiger charge is -2.31. The maximum Gasteiger partial charge on any atom is -0.00205 e. The fraction of sp³-hybridized carbons (Fsp3) is 1.00. The molecule has 0 aromatic heterocycles. The molecule has 2 N–H and O–H groups in total. The van der Waals surface area contributed by atoms with Crippen LogP contribution in [0.3, 0.4) is 0 Å². The summed E-state index contributed by atoms with van der Waals surface area (Å²) in [7, 11) is 0. The highest BCUT2D eigenvalue weighted by molar-refractivity contribution is 4.82. The van der Waals surface area contributed by atoms with Gasteiger partial charge in [0, 0.05) is 0 Å². The molecule has 1 rings (SSSR count). The van der Waals surface area contributed by atoms with Gasteiger partial charge < -0.3 is 5.73 Å². The quantitative estimate of drug-likeness (QED) is 0.680. The van der Waals surface area contributed by atoms with Crippen LogP contribution in [0.25, 0.3) is 0 Å². The third-order valence-electron chi connectivity index (χ3n) is 4.09. The summed E-state index contributed by atoms with van der Waals surface area (Å²) in [4.78, 5) is 0. The molecule has 1 fully saturated rings. The molecule has 0 aromatic carbocycles. The first-order valence-corrected chi connectivity index (χ1v) is 6.89. The molecular formula is C14H29N. The minimum atomic E-state index is 0.519. The second kappa shape index (κ2) is 6.52. The molecule has 1 heteroatoms. The van der Waals surface area contributed by atoms with Gasteiger partial charge in [-0.1, -0.05) is 52.4 Å². The van der Waals surface area contributed by atoms with Crippen molar-refractivity contribution < 1.29 is 0 Å². The Balaban J connectivity index is 2.36. The Hall–Kier alpha value is -0.0400. The summed E-state index contributed by atoms with van der Waals surface area (Å²) in [6.45, 7) is 5.56. The highest BCUT2D eigenvalue weighted by Gasteiger charge is 2.28. The van der Waals surface area contributed by atoms with E-state index in [1.54, 1.807) is 0 Å². The first-order chi connectivity index (χ1) is 7.18. The zero-order valence-corrected chi connectivity index (χ0v) is 10.7. The van der Waals surface area contributed by atoms with Crippen molar-refractivity contribution in [3.05, 3.63) is 0 Å². The molecule has 0 radical (unpaired) electrons. The molecule has 0 heterocycles. The number of nitrogens with two attached hydrogens (primary N) is 1. The van der Waals surface area contributed by atoms with Gasteiger partial charge in [-0.05, 0) is 37.1 Å². The van der Waals surface area contributed by atoms with Crippen LogP contribution in [0, 0.1) is 11.3 Å². The number of hydrogen-bond donors (Lipinski definition) is 1. The van der Waals surface area contributed by atoms with Crippen molar-refractivity contribution in [2.24, 2.45) is 17.1 Å². The van der Waals surface area contributed by atoms with Gasteiger partial charge in [0.2, 0.25) is 0 Å². The van der Waals surface area contributed by atoms with Gasteiger partial charge in [-0.3, -0.25) is 0 Å². The summed E-state index contributed by atoms with van der Waals surface area (Å²) >= 11 is 0. The molecule has 1 aliphatic rings. The van der Waals surface area contributed by atoms with Gasteiger partial charge in [-0.15, -0.1) is 0 Å². The Kier molecular flexibility index (Phi) is 5.66. The fourth-order valence-corrected chi connectivity index (χ4v) is 2.92. The molecule has 0 spiro atoms. The lowest BCUT2D eigenvalue weighted by atomic mass is 9.76. The van der Waals surface area contributed by atoms with Crippen molar-refractivity contribution in [2.75, 3.05) is 6.54 Å². The van der Waals surface area contributed by atoms with Crippen LogP contribution >= 0.6 is 0 Å². The van der Waals surface area contributed by atoms with E-state index in [-0.39, 0.29) is 0 Å². The summed E-state index contributed by atoms with van der Waals surface area (Å²) in [6, 6.07) is 0. The van der Waals surface area contributed by atoms with Crippen LogP contribution in [0.4, 0.5) is 0 Å². The molecule has 0 amide bonds. The predicted molar refractivity (Wildman–Crippen MR) is 67.9 cm³/mol. The number of rotatable bonds is 5. The van der Waals surface area contributed by atoms with Gasteiger partial charge in [-0.2, -0.15) is 0 Å². The Labute approximate surface area is 95.8 Å². The Morgan fingerprint density at radius 1 is 1.07 bits per heavy atom. The van der Waals surface area contributed by atoms with Crippen molar-refractivity contribution in [1.29, 1.82) is 0 Å². The molecule has 0 atom stereocenters. The maximum atomic E-state index is 6.02. The molecule has 0 saturated heterocycles. The molecule has 1 saturated carbocycles. The van der Waals surface area contributed by atoms with Crippen molar-refractivity contribution >= 4 is 0 Å². The Morgan fingerprint density at radius 3 is 2.13 bits per heavy atom. The molecule has 0 unspecified atom stereocenters. The first-order valence-electron chi connectivity index (χ1n) is 6.89. The smallest absolute Gasteiger partial charge is 0.00205 e. The Morgan fingerprint density at radius 2 is 1.67 bits per heavy atom. The lowest BCUT2D eigenvalue weighted by molar-refractivity contribution is 0.221. The minimum absolute atomic E-state index is 0.519. The summed E-state index contributed by atoms with van der Waals surface area (Å²) in [6.07, 6.45) is 12.6. The SMILES string of the molecule is CC(C)CCCC1(CN)CCCCCC1. The highest BCUT2D eigenvalue weighted by atomic mass is 14.6. The summed E-state index contributed by atoms with van der Waals surface area (Å²) in [5.74, 6) is 0.852. The van der Waals surface area contributed by atoms with Gasteiger partial charge in [-0.25, -0.2) is 0 Å². The summed E-state index contributed by atoms with van der Waals surface area (Å²) in [5.41, 5.74) is 6.54. The van der Waals surface area contributed by atoms with E-state index in [9.17, 15) is 0 Å². The lowest BCUT2D eigenvalue weighted by Crippen LogP contribution is -2.30. The van der Waals surface area contributed by atoms with E-state index in [0.717, 1.165) is 12.5 Å². The zero-order chi connectivity index (χ0) is 11.1. The standard InChI is InChI=1S/C14H29N/c1-13(2)8-7-11-14(12-15)9-5-3-4-6-10-14/h13H,3-12,15H2,1-2H3. The van der Waals surface area contributed by atoms with Gasteiger partial charge in [0.15, 0.2) is 0 Å². The van der Waals surface area contributed by atoms with Crippen LogP contribution in [-0.2, 0) is 0 Å². The van der Waals surface area contributed by atoms with Crippen LogP contribution < -0.4 is 5.73 Å². The van der Waals surface area contributed by atoms with Crippen molar-refractivity contribution in [3.63, 3.8) is 0 Å². The second-order valence-electron chi connectivity index (χ2n) is 5.90. The minimum Gasteiger partial charge on any atom is -0.330 e. The summed E-state index contributed by atoms with van der Waals surface area (Å²) < 4.78 is 0. The van der Waals surface area contributed by atoms with Crippen LogP contribution in [0.5, 0.6) is 0 Å². The van der Waals surface area contributed by atoms with E-state index < -0.39 is 0 Å². The van der Waals surface area contributed by atoms with E-state index >= 15 is 0 Å². The molecule has 0 bridgehead atoms. The van der Waals surface area contributed by atoms with Gasteiger partial charge in [0.05, 0.1) is 0 Å². The molecule has 0 aromatic rings. The maximum absolute atomic E-state index is 6.02. The van der Waals surface area contributed by atoms with Crippen LogP contribution in [-0.4, -0.2) is 6.54 Å². The number of hydrogen-bond acceptors (Lipinski definition) is 1. The van der Waals surface area contributed by atoms with Crippen LogP contribution in [0.1, 0.15) is 71.6 Å². The van der Waals surface area contributed by atoms with Gasteiger partial charge in [0.25, 0.3) is 0 Å². The monoisotopic (exact) mass is 211 g/mol. The normalized spacial score (nSPS) is 21.6. The van der Waals surface area contributed by atoms with E-state index in [2.05, 4.69) is 13.8 Å². The van der Waals surface area contributed by atoms with Crippen LogP contribution in [0.15, 0.2) is 0 Å². The summed E-state index contributed by atoms with van der Waals surface area (Å²) in [5, 5.41) is 0. The predicted octanol–water partition coefficient (Wildman–Crippen LogP) is 4.11. The molecule has 1 nitrogen and oxygen atoms in total. The molecule has 0 aliphatic heterocycles. The zero-order valence-electron chi connectivity index (χ0n) is 10.7.